The molecule has 19 heavy (non-hydrogen) atoms. The molecule has 0 saturated heterocycles. The lowest BCUT2D eigenvalue weighted by Gasteiger charge is -2.07. The molecule has 1 aromatic carbocycles. The molecule has 0 fully saturated rings. The molecule has 98 valence electrons. The van der Waals surface area contributed by atoms with Gasteiger partial charge in [0.1, 0.15) is 10.2 Å². The molecule has 5 heteroatoms. The highest BCUT2D eigenvalue weighted by Gasteiger charge is 2.13. The van der Waals surface area contributed by atoms with Gasteiger partial charge in [0.15, 0.2) is 0 Å². The second-order valence-corrected chi connectivity index (χ2v) is 5.36. The van der Waals surface area contributed by atoms with Crippen molar-refractivity contribution < 1.29 is 9.90 Å². The summed E-state index contributed by atoms with van der Waals surface area (Å²) < 4.78 is 0. The Hall–Kier alpha value is -1.52. The van der Waals surface area contributed by atoms with Crippen molar-refractivity contribution in [1.29, 1.82) is 0 Å². The van der Waals surface area contributed by atoms with Gasteiger partial charge in [-0.2, -0.15) is 0 Å². The number of carbonyl (C=O) groups is 1. The van der Waals surface area contributed by atoms with Crippen LogP contribution in [0.15, 0.2) is 41.4 Å². The first-order valence-electron chi connectivity index (χ1n) is 5.65. The molecule has 1 N–H and O–H groups in total. The Morgan fingerprint density at radius 3 is 2.74 bits per heavy atom. The third kappa shape index (κ3) is 3.49. The predicted molar refractivity (Wildman–Crippen MR) is 76.9 cm³/mol. The van der Waals surface area contributed by atoms with E-state index in [1.807, 2.05) is 31.2 Å². The fraction of sp³-hybridized carbons (Fsp3) is 0.143. The van der Waals surface area contributed by atoms with Crippen molar-refractivity contribution in [2.45, 2.75) is 17.7 Å². The van der Waals surface area contributed by atoms with Crippen molar-refractivity contribution in [3.63, 3.8) is 0 Å². The number of hydrogen-bond donors (Lipinski definition) is 1. The topological polar surface area (TPSA) is 50.2 Å². The molecule has 1 aromatic heterocycles. The zero-order valence-electron chi connectivity index (χ0n) is 10.3. The van der Waals surface area contributed by atoms with Gasteiger partial charge in [0.2, 0.25) is 0 Å². The Labute approximate surface area is 120 Å². The quantitative estimate of drug-likeness (QED) is 0.683. The minimum Gasteiger partial charge on any atom is -0.478 e. The first-order chi connectivity index (χ1) is 9.08. The number of nitrogens with zero attached hydrogens (tertiary/aromatic N) is 1. The Kier molecular flexibility index (Phi) is 4.45. The highest BCUT2D eigenvalue weighted by Crippen LogP contribution is 2.27. The van der Waals surface area contributed by atoms with Crippen LogP contribution < -0.4 is 0 Å². The summed E-state index contributed by atoms with van der Waals surface area (Å²) in [5, 5.41) is 9.86. The third-order valence-corrected chi connectivity index (χ3v) is 3.93. The van der Waals surface area contributed by atoms with Crippen molar-refractivity contribution in [2.24, 2.45) is 0 Å². The summed E-state index contributed by atoms with van der Waals surface area (Å²) in [4.78, 5) is 15.2. The predicted octanol–water partition coefficient (Wildman–Crippen LogP) is 4.03. The van der Waals surface area contributed by atoms with E-state index in [0.717, 1.165) is 5.56 Å². The highest BCUT2D eigenvalue weighted by atomic mass is 35.5. The Bertz CT molecular complexity index is 616. The molecule has 3 nitrogen and oxygen atoms in total. The number of pyridine rings is 1. The summed E-state index contributed by atoms with van der Waals surface area (Å²) in [5.41, 5.74) is 2.52. The lowest BCUT2D eigenvalue weighted by Crippen LogP contribution is -2.01. The number of halogens is 1. The average Bonchev–Trinajstić information content (AvgIpc) is 2.37. The van der Waals surface area contributed by atoms with Gasteiger partial charge in [-0.25, -0.2) is 9.78 Å². The minimum absolute atomic E-state index is 0.183. The fourth-order valence-corrected chi connectivity index (χ4v) is 2.90. The number of hydrogen-bond acceptors (Lipinski definition) is 3. The van der Waals surface area contributed by atoms with Crippen molar-refractivity contribution >= 4 is 29.3 Å². The number of benzene rings is 1. The molecule has 0 saturated carbocycles. The number of aromatic nitrogens is 1. The van der Waals surface area contributed by atoms with Gasteiger partial charge in [0, 0.05) is 5.75 Å². The van der Waals surface area contributed by atoms with Gasteiger partial charge in [-0.15, -0.1) is 11.8 Å². The molecule has 1 heterocycles. The van der Waals surface area contributed by atoms with Crippen molar-refractivity contribution in [3.8, 4) is 0 Å². The van der Waals surface area contributed by atoms with E-state index in [9.17, 15) is 4.79 Å². The second kappa shape index (κ2) is 6.08. The molecule has 0 spiro atoms. The van der Waals surface area contributed by atoms with E-state index in [1.165, 1.54) is 29.5 Å². The first-order valence-corrected chi connectivity index (χ1v) is 7.01. The van der Waals surface area contributed by atoms with Gasteiger partial charge >= 0.3 is 5.97 Å². The minimum atomic E-state index is -0.989. The zero-order chi connectivity index (χ0) is 13.8. The molecule has 2 rings (SSSR count). The van der Waals surface area contributed by atoms with Gasteiger partial charge in [0.05, 0.1) is 5.56 Å². The summed E-state index contributed by atoms with van der Waals surface area (Å²) in [5.74, 6) is -0.322. The summed E-state index contributed by atoms with van der Waals surface area (Å²) in [7, 11) is 0. The Morgan fingerprint density at radius 1 is 1.32 bits per heavy atom. The van der Waals surface area contributed by atoms with Crippen molar-refractivity contribution in [2.75, 3.05) is 0 Å². The normalized spacial score (nSPS) is 10.4. The van der Waals surface area contributed by atoms with E-state index >= 15 is 0 Å². The van der Waals surface area contributed by atoms with Gasteiger partial charge in [-0.3, -0.25) is 0 Å². The van der Waals surface area contributed by atoms with E-state index in [1.54, 1.807) is 0 Å². The lowest BCUT2D eigenvalue weighted by molar-refractivity contribution is 0.0692. The highest BCUT2D eigenvalue weighted by molar-refractivity contribution is 7.98. The lowest BCUT2D eigenvalue weighted by atomic mass is 10.1. The van der Waals surface area contributed by atoms with Crippen LogP contribution >= 0.6 is 23.4 Å². The van der Waals surface area contributed by atoms with E-state index in [-0.39, 0.29) is 5.56 Å². The average molecular weight is 294 g/mol. The number of carboxylic acid groups (broad SMARTS) is 1. The molecule has 0 atom stereocenters. The number of rotatable bonds is 4. The summed E-state index contributed by atoms with van der Waals surface area (Å²) >= 11 is 7.20. The van der Waals surface area contributed by atoms with Crippen molar-refractivity contribution in [3.05, 3.63) is 58.2 Å². The van der Waals surface area contributed by atoms with Crippen molar-refractivity contribution in [1.82, 2.24) is 4.98 Å². The molecular formula is C14H12ClNO2S. The largest absolute Gasteiger partial charge is 0.478 e. The van der Waals surface area contributed by atoms with E-state index in [2.05, 4.69) is 4.98 Å². The molecule has 2 aromatic rings. The molecule has 0 aliphatic heterocycles. The van der Waals surface area contributed by atoms with Crippen LogP contribution in [-0.4, -0.2) is 16.1 Å². The van der Waals surface area contributed by atoms with Gasteiger partial charge in [0.25, 0.3) is 0 Å². The number of carboxylic acids is 1. The van der Waals surface area contributed by atoms with Crippen LogP contribution in [0.3, 0.4) is 0 Å². The molecule has 0 amide bonds. The van der Waals surface area contributed by atoms with Crippen LogP contribution in [0.4, 0.5) is 0 Å². The molecule has 0 aliphatic carbocycles. The van der Waals surface area contributed by atoms with Gasteiger partial charge in [-0.05, 0) is 30.2 Å². The van der Waals surface area contributed by atoms with Gasteiger partial charge < -0.3 is 5.11 Å². The Balaban J connectivity index is 2.22. The van der Waals surface area contributed by atoms with Crippen LogP contribution in [0, 0.1) is 6.92 Å². The monoisotopic (exact) mass is 293 g/mol. The summed E-state index contributed by atoms with van der Waals surface area (Å²) in [6, 6.07) is 11.0. The fourth-order valence-electron chi connectivity index (χ4n) is 1.61. The first kappa shape index (κ1) is 13.9. The number of thioether (sulfide) groups is 1. The van der Waals surface area contributed by atoms with Crippen LogP contribution in [0.1, 0.15) is 21.5 Å². The van der Waals surface area contributed by atoms with Crippen LogP contribution in [0.2, 0.25) is 5.15 Å². The maximum absolute atomic E-state index is 11.1. The summed E-state index contributed by atoms with van der Waals surface area (Å²) in [6.07, 6.45) is 0. The third-order valence-electron chi connectivity index (χ3n) is 2.68. The smallest absolute Gasteiger partial charge is 0.338 e. The zero-order valence-corrected chi connectivity index (χ0v) is 11.8. The van der Waals surface area contributed by atoms with E-state index < -0.39 is 5.97 Å². The Morgan fingerprint density at radius 2 is 2.05 bits per heavy atom. The molecule has 0 aliphatic rings. The van der Waals surface area contributed by atoms with Crippen LogP contribution in [-0.2, 0) is 5.75 Å². The second-order valence-electron chi connectivity index (χ2n) is 4.01. The number of aromatic carboxylic acids is 1. The SMILES string of the molecule is Cc1ccccc1CSc1nc(Cl)ccc1C(=O)O. The van der Waals surface area contributed by atoms with Gasteiger partial charge in [-0.1, -0.05) is 35.9 Å². The maximum Gasteiger partial charge on any atom is 0.338 e. The number of aryl methyl sites for hydroxylation is 1. The van der Waals surface area contributed by atoms with Crippen LogP contribution in [0.5, 0.6) is 0 Å². The van der Waals surface area contributed by atoms with Crippen LogP contribution in [0.25, 0.3) is 0 Å². The summed E-state index contributed by atoms with van der Waals surface area (Å²) in [6.45, 7) is 2.03. The molecular weight excluding hydrogens is 282 g/mol. The maximum atomic E-state index is 11.1. The van der Waals surface area contributed by atoms with E-state index in [0.29, 0.717) is 15.9 Å². The van der Waals surface area contributed by atoms with E-state index in [4.69, 9.17) is 16.7 Å². The standard InChI is InChI=1S/C14H12ClNO2S/c1-9-4-2-3-5-10(9)8-19-13-11(14(17)18)6-7-12(15)16-13/h2-7H,8H2,1H3,(H,17,18). The molecule has 0 unspecified atom stereocenters. The molecule has 0 radical (unpaired) electrons. The molecule has 0 bridgehead atoms.